The second-order valence-corrected chi connectivity index (χ2v) is 5.80. The molecule has 0 aliphatic heterocycles. The van der Waals surface area contributed by atoms with Crippen LogP contribution in [0.25, 0.3) is 0 Å². The quantitative estimate of drug-likeness (QED) is 0.453. The molecule has 2 aromatic carbocycles. The second kappa shape index (κ2) is 8.32. The molecule has 1 amide bonds. The smallest absolute Gasteiger partial charge is 0.277 e. The average molecular weight is 395 g/mol. The summed E-state index contributed by atoms with van der Waals surface area (Å²) in [5.41, 5.74) is -0.650. The molecule has 0 unspecified atom stereocenters. The lowest BCUT2D eigenvalue weighted by molar-refractivity contribution is -0.394. The van der Waals surface area contributed by atoms with Crippen LogP contribution in [0.15, 0.2) is 42.5 Å². The molecule has 0 saturated heterocycles. The van der Waals surface area contributed by atoms with Crippen molar-refractivity contribution in [2.75, 3.05) is 0 Å². The van der Waals surface area contributed by atoms with Crippen LogP contribution in [0.4, 0.5) is 11.4 Å². The summed E-state index contributed by atoms with van der Waals surface area (Å²) in [6, 6.07) is 9.64. The van der Waals surface area contributed by atoms with E-state index in [1.54, 1.807) is 24.3 Å². The zero-order valence-corrected chi connectivity index (χ0v) is 14.5. The number of hydrogen-bond donors (Lipinski definition) is 2. The minimum atomic E-state index is -0.822. The van der Waals surface area contributed by atoms with Crippen LogP contribution in [0.5, 0.6) is 0 Å². The van der Waals surface area contributed by atoms with Gasteiger partial charge in [0, 0.05) is 23.7 Å². The van der Waals surface area contributed by atoms with Crippen molar-refractivity contribution < 1.29 is 14.6 Å². The van der Waals surface area contributed by atoms with Crippen LogP contribution < -0.4 is 10.6 Å². The Morgan fingerprint density at radius 3 is 2.19 bits per heavy atom. The van der Waals surface area contributed by atoms with Crippen molar-refractivity contribution in [1.82, 2.24) is 10.6 Å². The Hall–Kier alpha value is -3.11. The molecule has 0 aliphatic rings. The number of nitro benzene ring substituents is 2. The van der Waals surface area contributed by atoms with Crippen LogP contribution >= 0.6 is 23.8 Å². The number of nitrogens with zero attached hydrogens (tertiary/aromatic N) is 2. The van der Waals surface area contributed by atoms with Gasteiger partial charge in [-0.1, -0.05) is 29.8 Å². The molecule has 0 radical (unpaired) electrons. The normalized spacial score (nSPS) is 10.0. The molecule has 26 heavy (non-hydrogen) atoms. The number of non-ortho nitro benzene ring substituents is 2. The van der Waals surface area contributed by atoms with Gasteiger partial charge in [-0.25, -0.2) is 0 Å². The van der Waals surface area contributed by atoms with Crippen LogP contribution in [-0.4, -0.2) is 20.9 Å². The molecular formula is C15H11ClN4O5S. The third kappa shape index (κ3) is 4.94. The number of nitrogens with one attached hydrogen (secondary N) is 2. The van der Waals surface area contributed by atoms with Crippen molar-refractivity contribution in [2.45, 2.75) is 6.54 Å². The van der Waals surface area contributed by atoms with Crippen molar-refractivity contribution in [3.8, 4) is 0 Å². The van der Waals surface area contributed by atoms with Gasteiger partial charge >= 0.3 is 0 Å². The van der Waals surface area contributed by atoms with Gasteiger partial charge in [0.25, 0.3) is 17.3 Å². The molecule has 11 heteroatoms. The van der Waals surface area contributed by atoms with Crippen LogP contribution in [0, 0.1) is 20.2 Å². The van der Waals surface area contributed by atoms with Gasteiger partial charge in [-0.3, -0.25) is 30.3 Å². The fourth-order valence-electron chi connectivity index (χ4n) is 1.97. The molecule has 0 heterocycles. The Bertz CT molecular complexity index is 873. The first-order valence-corrected chi connectivity index (χ1v) is 7.83. The minimum Gasteiger partial charge on any atom is -0.358 e. The Kier molecular flexibility index (Phi) is 6.15. The first kappa shape index (κ1) is 19.2. The standard InChI is InChI=1S/C15H11ClN4O5S/c16-13-4-2-1-3-9(13)8-17-15(26)18-14(21)10-5-11(19(22)23)7-12(6-10)20(24)25/h1-7H,8H2,(H2,17,18,21,26). The highest BCUT2D eigenvalue weighted by Crippen LogP contribution is 2.22. The molecule has 0 bridgehead atoms. The topological polar surface area (TPSA) is 127 Å². The van der Waals surface area contributed by atoms with Gasteiger partial charge < -0.3 is 5.32 Å². The van der Waals surface area contributed by atoms with Crippen molar-refractivity contribution >= 4 is 46.2 Å². The SMILES string of the molecule is O=C(NC(=S)NCc1ccccc1Cl)c1cc([N+](=O)[O-])cc([N+](=O)[O-])c1. The number of carbonyl (C=O) groups excluding carboxylic acids is 1. The lowest BCUT2D eigenvalue weighted by atomic mass is 10.1. The van der Waals surface area contributed by atoms with E-state index in [0.717, 1.165) is 23.8 Å². The number of rotatable bonds is 5. The van der Waals surface area contributed by atoms with E-state index in [9.17, 15) is 25.0 Å². The zero-order valence-electron chi connectivity index (χ0n) is 13.0. The molecule has 0 aliphatic carbocycles. The highest BCUT2D eigenvalue weighted by molar-refractivity contribution is 7.80. The van der Waals surface area contributed by atoms with Crippen LogP contribution in [0.2, 0.25) is 5.02 Å². The third-order valence-electron chi connectivity index (χ3n) is 3.21. The number of carbonyl (C=O) groups is 1. The van der Waals surface area contributed by atoms with E-state index < -0.39 is 27.1 Å². The molecular weight excluding hydrogens is 384 g/mol. The van der Waals surface area contributed by atoms with Crippen molar-refractivity contribution in [1.29, 1.82) is 0 Å². The molecule has 0 aromatic heterocycles. The number of halogens is 1. The van der Waals surface area contributed by atoms with Gasteiger partial charge in [0.15, 0.2) is 5.11 Å². The summed E-state index contributed by atoms with van der Waals surface area (Å²) >= 11 is 11.0. The molecule has 134 valence electrons. The lowest BCUT2D eigenvalue weighted by Crippen LogP contribution is -2.38. The van der Waals surface area contributed by atoms with Gasteiger partial charge in [0.2, 0.25) is 0 Å². The minimum absolute atomic E-state index is 0.0518. The lowest BCUT2D eigenvalue weighted by Gasteiger charge is -2.10. The van der Waals surface area contributed by atoms with Crippen LogP contribution in [0.1, 0.15) is 15.9 Å². The number of thiocarbonyl (C=S) groups is 1. The molecule has 2 rings (SSSR count). The Balaban J connectivity index is 2.09. The summed E-state index contributed by atoms with van der Waals surface area (Å²) < 4.78 is 0. The Morgan fingerprint density at radius 2 is 1.65 bits per heavy atom. The van der Waals surface area contributed by atoms with Crippen molar-refractivity contribution in [2.24, 2.45) is 0 Å². The van der Waals surface area contributed by atoms with E-state index in [-0.39, 0.29) is 17.2 Å². The predicted octanol–water partition coefficient (Wildman–Crippen LogP) is 2.96. The van der Waals surface area contributed by atoms with E-state index in [2.05, 4.69) is 10.6 Å². The zero-order chi connectivity index (χ0) is 19.3. The first-order chi connectivity index (χ1) is 12.3. The van der Waals surface area contributed by atoms with Crippen molar-refractivity contribution in [3.05, 3.63) is 78.8 Å². The summed E-state index contributed by atoms with van der Waals surface area (Å²) in [5.74, 6) is -0.812. The highest BCUT2D eigenvalue weighted by Gasteiger charge is 2.20. The fourth-order valence-corrected chi connectivity index (χ4v) is 2.34. The largest absolute Gasteiger partial charge is 0.358 e. The predicted molar refractivity (Wildman–Crippen MR) is 98.1 cm³/mol. The molecule has 9 nitrogen and oxygen atoms in total. The molecule has 2 N–H and O–H groups in total. The summed E-state index contributed by atoms with van der Waals surface area (Å²) in [7, 11) is 0. The van der Waals surface area contributed by atoms with Crippen LogP contribution in [0.3, 0.4) is 0 Å². The Labute approximate surface area is 157 Å². The third-order valence-corrected chi connectivity index (χ3v) is 3.83. The van der Waals surface area contributed by atoms with Gasteiger partial charge in [-0.15, -0.1) is 0 Å². The molecule has 0 saturated carbocycles. The summed E-state index contributed by atoms with van der Waals surface area (Å²) in [6.45, 7) is 0.244. The Morgan fingerprint density at radius 1 is 1.08 bits per heavy atom. The monoisotopic (exact) mass is 394 g/mol. The van der Waals surface area contributed by atoms with Gasteiger partial charge in [0.1, 0.15) is 0 Å². The summed E-state index contributed by atoms with van der Waals surface area (Å²) in [5, 5.41) is 27.3. The number of benzene rings is 2. The highest BCUT2D eigenvalue weighted by atomic mass is 35.5. The van der Waals surface area contributed by atoms with Gasteiger partial charge in [0.05, 0.1) is 21.5 Å². The first-order valence-electron chi connectivity index (χ1n) is 7.04. The maximum Gasteiger partial charge on any atom is 0.277 e. The van der Waals surface area contributed by atoms with Gasteiger partial charge in [-0.2, -0.15) is 0 Å². The molecule has 0 fully saturated rings. The fraction of sp³-hybridized carbons (Fsp3) is 0.0667. The number of amides is 1. The maximum atomic E-state index is 12.2. The van der Waals surface area contributed by atoms with E-state index in [1.165, 1.54) is 0 Å². The van der Waals surface area contributed by atoms with E-state index in [4.69, 9.17) is 23.8 Å². The van der Waals surface area contributed by atoms with E-state index in [1.807, 2.05) is 0 Å². The summed E-state index contributed by atoms with van der Waals surface area (Å²) in [4.78, 5) is 32.3. The second-order valence-electron chi connectivity index (χ2n) is 4.98. The molecule has 2 aromatic rings. The number of hydrogen-bond acceptors (Lipinski definition) is 6. The maximum absolute atomic E-state index is 12.2. The summed E-state index contributed by atoms with van der Waals surface area (Å²) in [6.07, 6.45) is 0. The molecule has 0 atom stereocenters. The van der Waals surface area contributed by atoms with Crippen molar-refractivity contribution in [3.63, 3.8) is 0 Å². The van der Waals surface area contributed by atoms with E-state index >= 15 is 0 Å². The van der Waals surface area contributed by atoms with Gasteiger partial charge in [-0.05, 0) is 23.8 Å². The average Bonchev–Trinajstić information content (AvgIpc) is 2.60. The van der Waals surface area contributed by atoms with Crippen LogP contribution in [-0.2, 0) is 6.54 Å². The number of nitro groups is 2. The molecule has 0 spiro atoms. The van der Waals surface area contributed by atoms with E-state index in [0.29, 0.717) is 5.02 Å².